The van der Waals surface area contributed by atoms with Gasteiger partial charge in [-0.25, -0.2) is 0 Å². The Labute approximate surface area is 121 Å². The van der Waals surface area contributed by atoms with Crippen molar-refractivity contribution in [3.05, 3.63) is 29.8 Å². The number of nitrogens with zero attached hydrogens (tertiary/aromatic N) is 1. The Bertz CT molecular complexity index is 485. The smallest absolute Gasteiger partial charge is 0.225 e. The van der Waals surface area contributed by atoms with E-state index in [0.29, 0.717) is 6.42 Å². The topological polar surface area (TPSA) is 64.9 Å². The van der Waals surface area contributed by atoms with Crippen LogP contribution in [0, 0.1) is 11.3 Å². The molecule has 1 rings (SSSR count). The average molecular weight is 273 g/mol. The predicted molar refractivity (Wildman–Crippen MR) is 81.5 cm³/mol. The highest BCUT2D eigenvalue weighted by Gasteiger charge is 2.19. The van der Waals surface area contributed by atoms with Crippen molar-refractivity contribution in [2.24, 2.45) is 0 Å². The molecule has 0 aromatic heterocycles. The van der Waals surface area contributed by atoms with Gasteiger partial charge in [0.05, 0.1) is 11.5 Å². The maximum atomic E-state index is 11.8. The van der Waals surface area contributed by atoms with Gasteiger partial charge in [-0.05, 0) is 45.0 Å². The van der Waals surface area contributed by atoms with Crippen molar-refractivity contribution >= 4 is 11.6 Å². The molecule has 1 amide bonds. The lowest BCUT2D eigenvalue weighted by atomic mass is 9.86. The zero-order valence-electron chi connectivity index (χ0n) is 12.7. The molecule has 0 radical (unpaired) electrons. The van der Waals surface area contributed by atoms with Gasteiger partial charge in [-0.2, -0.15) is 5.26 Å². The van der Waals surface area contributed by atoms with Crippen LogP contribution in [0.5, 0.6) is 0 Å². The van der Waals surface area contributed by atoms with Crippen molar-refractivity contribution in [1.82, 2.24) is 5.32 Å². The number of carbonyl (C=O) groups excluding carboxylic acids is 1. The number of carbonyl (C=O) groups is 1. The van der Waals surface area contributed by atoms with Crippen LogP contribution in [0.1, 0.15) is 39.7 Å². The van der Waals surface area contributed by atoms with Crippen LogP contribution in [-0.4, -0.2) is 18.5 Å². The molecule has 2 N–H and O–H groups in total. The van der Waals surface area contributed by atoms with E-state index in [1.165, 1.54) is 0 Å². The van der Waals surface area contributed by atoms with E-state index in [2.05, 4.69) is 16.7 Å². The van der Waals surface area contributed by atoms with Crippen molar-refractivity contribution in [2.45, 2.75) is 45.6 Å². The normalized spacial score (nSPS) is 12.6. The molecule has 0 fully saturated rings. The number of hydrogen-bond acceptors (Lipinski definition) is 3. The van der Waals surface area contributed by atoms with Crippen LogP contribution in [-0.2, 0) is 10.2 Å². The van der Waals surface area contributed by atoms with E-state index in [-0.39, 0.29) is 11.9 Å². The number of benzene rings is 1. The summed E-state index contributed by atoms with van der Waals surface area (Å²) in [7, 11) is 0. The first-order chi connectivity index (χ1) is 9.39. The van der Waals surface area contributed by atoms with Crippen LogP contribution in [0.3, 0.4) is 0 Å². The number of nitriles is 1. The first kappa shape index (κ1) is 16.2. The molecule has 0 saturated heterocycles. The lowest BCUT2D eigenvalue weighted by molar-refractivity contribution is -0.116. The third kappa shape index (κ3) is 4.67. The summed E-state index contributed by atoms with van der Waals surface area (Å²) < 4.78 is 0. The summed E-state index contributed by atoms with van der Waals surface area (Å²) in [5, 5.41) is 15.2. The summed E-state index contributed by atoms with van der Waals surface area (Å²) in [6.45, 7) is 8.61. The van der Waals surface area contributed by atoms with Crippen molar-refractivity contribution in [3.63, 3.8) is 0 Å². The molecule has 4 nitrogen and oxygen atoms in total. The van der Waals surface area contributed by atoms with Gasteiger partial charge in [0.25, 0.3) is 0 Å². The summed E-state index contributed by atoms with van der Waals surface area (Å²) in [6.07, 6.45) is 0.444. The molecule has 0 aliphatic heterocycles. The van der Waals surface area contributed by atoms with Gasteiger partial charge in [-0.1, -0.05) is 19.1 Å². The largest absolute Gasteiger partial charge is 0.326 e. The van der Waals surface area contributed by atoms with Gasteiger partial charge >= 0.3 is 0 Å². The second kappa shape index (κ2) is 7.06. The first-order valence-electron chi connectivity index (χ1n) is 6.94. The highest BCUT2D eigenvalue weighted by atomic mass is 16.1. The average Bonchev–Trinajstić information content (AvgIpc) is 2.39. The third-order valence-electron chi connectivity index (χ3n) is 3.21. The van der Waals surface area contributed by atoms with Crippen LogP contribution in [0.2, 0.25) is 0 Å². The van der Waals surface area contributed by atoms with Crippen molar-refractivity contribution in [3.8, 4) is 6.07 Å². The third-order valence-corrected chi connectivity index (χ3v) is 3.21. The molecular weight excluding hydrogens is 250 g/mol. The number of amides is 1. The molecule has 1 unspecified atom stereocenters. The molecular formula is C16H23N3O. The molecule has 4 heteroatoms. The predicted octanol–water partition coefficient (Wildman–Crippen LogP) is 2.81. The van der Waals surface area contributed by atoms with Crippen molar-refractivity contribution < 1.29 is 4.79 Å². The van der Waals surface area contributed by atoms with Gasteiger partial charge in [0, 0.05) is 18.2 Å². The Balaban J connectivity index is 2.62. The van der Waals surface area contributed by atoms with Crippen molar-refractivity contribution in [2.75, 3.05) is 11.9 Å². The fraction of sp³-hybridized carbons (Fsp3) is 0.500. The quantitative estimate of drug-likeness (QED) is 0.837. The molecule has 0 bridgehead atoms. The zero-order valence-corrected chi connectivity index (χ0v) is 12.7. The molecule has 0 saturated carbocycles. The first-order valence-corrected chi connectivity index (χ1v) is 6.94. The number of hydrogen-bond donors (Lipinski definition) is 2. The van der Waals surface area contributed by atoms with Crippen LogP contribution < -0.4 is 10.6 Å². The van der Waals surface area contributed by atoms with E-state index >= 15 is 0 Å². The Morgan fingerprint density at radius 1 is 1.35 bits per heavy atom. The molecule has 0 aliphatic carbocycles. The number of anilines is 1. The van der Waals surface area contributed by atoms with E-state index in [4.69, 9.17) is 5.26 Å². The zero-order chi connectivity index (χ0) is 15.2. The Hall–Kier alpha value is -1.86. The fourth-order valence-electron chi connectivity index (χ4n) is 1.95. The maximum Gasteiger partial charge on any atom is 0.225 e. The highest BCUT2D eigenvalue weighted by Crippen LogP contribution is 2.23. The molecule has 0 spiro atoms. The molecule has 108 valence electrons. The fourth-order valence-corrected chi connectivity index (χ4v) is 1.95. The van der Waals surface area contributed by atoms with Gasteiger partial charge in [-0.15, -0.1) is 0 Å². The maximum absolute atomic E-state index is 11.8. The van der Waals surface area contributed by atoms with E-state index in [1.54, 1.807) is 0 Å². The minimum absolute atomic E-state index is 0.00857. The Morgan fingerprint density at radius 3 is 2.45 bits per heavy atom. The van der Waals surface area contributed by atoms with Gasteiger partial charge in [0.2, 0.25) is 5.91 Å². The van der Waals surface area contributed by atoms with Crippen LogP contribution in [0.25, 0.3) is 0 Å². The monoisotopic (exact) mass is 273 g/mol. The van der Waals surface area contributed by atoms with Gasteiger partial charge in [0.1, 0.15) is 0 Å². The minimum Gasteiger partial charge on any atom is -0.326 e. The van der Waals surface area contributed by atoms with E-state index in [1.807, 2.05) is 52.0 Å². The van der Waals surface area contributed by atoms with Crippen LogP contribution in [0.4, 0.5) is 5.69 Å². The molecule has 0 heterocycles. The summed E-state index contributed by atoms with van der Waals surface area (Å²) in [5.74, 6) is -0.00857. The molecule has 20 heavy (non-hydrogen) atoms. The van der Waals surface area contributed by atoms with Crippen LogP contribution in [0.15, 0.2) is 24.3 Å². The molecule has 1 aromatic carbocycles. The molecule has 0 aliphatic rings. The number of rotatable bonds is 6. The molecule has 1 aromatic rings. The highest BCUT2D eigenvalue weighted by molar-refractivity contribution is 5.91. The van der Waals surface area contributed by atoms with E-state index in [9.17, 15) is 4.79 Å². The standard InChI is InChI=1S/C16H23N3O/c1-5-18-12(2)10-15(20)19-14-8-6-13(7-9-14)16(3,4)11-17/h6-9,12,18H,5,10H2,1-4H3,(H,19,20). The second-order valence-electron chi connectivity index (χ2n) is 5.53. The summed E-state index contributed by atoms with van der Waals surface area (Å²) in [6, 6.07) is 9.86. The Kier molecular flexibility index (Phi) is 5.72. The van der Waals surface area contributed by atoms with Crippen LogP contribution >= 0.6 is 0 Å². The van der Waals surface area contributed by atoms with Crippen molar-refractivity contribution in [1.29, 1.82) is 5.26 Å². The Morgan fingerprint density at radius 2 is 1.95 bits per heavy atom. The lowest BCUT2D eigenvalue weighted by Crippen LogP contribution is -2.30. The number of nitrogens with one attached hydrogen (secondary N) is 2. The summed E-state index contributed by atoms with van der Waals surface area (Å²) >= 11 is 0. The minimum atomic E-state index is -0.512. The van der Waals surface area contributed by atoms with E-state index < -0.39 is 5.41 Å². The SMILES string of the molecule is CCNC(C)CC(=O)Nc1ccc(C(C)(C)C#N)cc1. The van der Waals surface area contributed by atoms with Gasteiger partial charge in [0.15, 0.2) is 0 Å². The van der Waals surface area contributed by atoms with Gasteiger partial charge in [-0.3, -0.25) is 4.79 Å². The van der Waals surface area contributed by atoms with Gasteiger partial charge < -0.3 is 10.6 Å². The lowest BCUT2D eigenvalue weighted by Gasteiger charge is -2.16. The summed E-state index contributed by atoms with van der Waals surface area (Å²) in [4.78, 5) is 11.8. The second-order valence-corrected chi connectivity index (χ2v) is 5.53. The molecule has 1 atom stereocenters. The summed E-state index contributed by atoms with van der Waals surface area (Å²) in [5.41, 5.74) is 1.19. The van der Waals surface area contributed by atoms with E-state index in [0.717, 1.165) is 17.8 Å².